The molecule has 3 rings (SSSR count). The van der Waals surface area contributed by atoms with E-state index < -0.39 is 0 Å². The summed E-state index contributed by atoms with van der Waals surface area (Å²) < 4.78 is 0. The Hall–Kier alpha value is -2.06. The van der Waals surface area contributed by atoms with Crippen LogP contribution in [-0.2, 0) is 0 Å². The van der Waals surface area contributed by atoms with E-state index in [0.29, 0.717) is 10.7 Å². The van der Waals surface area contributed by atoms with Crippen LogP contribution in [0.4, 0.5) is 5.69 Å². The van der Waals surface area contributed by atoms with Crippen molar-refractivity contribution < 1.29 is 0 Å². The van der Waals surface area contributed by atoms with Gasteiger partial charge in [-0.3, -0.25) is 4.98 Å². The highest BCUT2D eigenvalue weighted by Gasteiger charge is 2.09. The molecule has 2 N–H and O–H groups in total. The summed E-state index contributed by atoms with van der Waals surface area (Å²) in [6, 6.07) is 14.0. The lowest BCUT2D eigenvalue weighted by atomic mass is 9.99. The molecule has 3 aromatic rings. The number of aryl methyl sites for hydroxylation is 1. The highest BCUT2D eigenvalue weighted by atomic mass is 35.5. The first-order chi connectivity index (χ1) is 9.15. The van der Waals surface area contributed by atoms with Gasteiger partial charge in [0.1, 0.15) is 0 Å². The molecule has 0 unspecified atom stereocenters. The fourth-order valence-corrected chi connectivity index (χ4v) is 2.39. The first kappa shape index (κ1) is 12.0. The van der Waals surface area contributed by atoms with Crippen LogP contribution in [0, 0.1) is 6.92 Å². The molecule has 1 aromatic heterocycles. The van der Waals surface area contributed by atoms with Crippen molar-refractivity contribution in [2.75, 3.05) is 5.73 Å². The highest BCUT2D eigenvalue weighted by Crippen LogP contribution is 2.34. The molecular formula is C16H13ClN2. The predicted octanol–water partition coefficient (Wildman–Crippen LogP) is 4.45. The molecule has 0 saturated carbocycles. The van der Waals surface area contributed by atoms with Crippen molar-refractivity contribution >= 4 is 28.2 Å². The number of nitrogens with two attached hydrogens (primary N) is 1. The molecule has 0 aliphatic rings. The molecule has 0 amide bonds. The highest BCUT2D eigenvalue weighted by molar-refractivity contribution is 6.31. The quantitative estimate of drug-likeness (QED) is 0.708. The van der Waals surface area contributed by atoms with Crippen LogP contribution in [0.1, 0.15) is 5.56 Å². The van der Waals surface area contributed by atoms with Crippen molar-refractivity contribution in [2.45, 2.75) is 6.92 Å². The van der Waals surface area contributed by atoms with Crippen LogP contribution < -0.4 is 5.73 Å². The molecule has 0 radical (unpaired) electrons. The molecule has 0 fully saturated rings. The van der Waals surface area contributed by atoms with Crippen LogP contribution in [0.2, 0.25) is 5.02 Å². The molecule has 1 heterocycles. The zero-order chi connectivity index (χ0) is 13.4. The predicted molar refractivity (Wildman–Crippen MR) is 81.3 cm³/mol. The summed E-state index contributed by atoms with van der Waals surface area (Å²) in [4.78, 5) is 4.34. The van der Waals surface area contributed by atoms with E-state index >= 15 is 0 Å². The largest absolute Gasteiger partial charge is 0.397 e. The average Bonchev–Trinajstić information content (AvgIpc) is 2.40. The van der Waals surface area contributed by atoms with E-state index in [-0.39, 0.29) is 0 Å². The number of nitrogen functional groups attached to an aromatic ring is 1. The van der Waals surface area contributed by atoms with Crippen molar-refractivity contribution in [3.8, 4) is 11.1 Å². The minimum absolute atomic E-state index is 0.665. The molecule has 94 valence electrons. The van der Waals surface area contributed by atoms with Gasteiger partial charge < -0.3 is 5.73 Å². The standard InChI is InChI=1S/C16H13ClN2/c1-10-2-4-11(5-3-10)16-13-8-12(17)6-7-15(13)19-9-14(16)18/h2-9H,18H2,1H3. The van der Waals surface area contributed by atoms with Gasteiger partial charge in [0, 0.05) is 16.0 Å². The average molecular weight is 269 g/mol. The maximum Gasteiger partial charge on any atom is 0.0710 e. The molecule has 2 aromatic carbocycles. The molecule has 19 heavy (non-hydrogen) atoms. The summed E-state index contributed by atoms with van der Waals surface area (Å²) in [5.74, 6) is 0. The third kappa shape index (κ3) is 2.15. The van der Waals surface area contributed by atoms with Gasteiger partial charge in [-0.05, 0) is 30.7 Å². The van der Waals surface area contributed by atoms with Crippen molar-refractivity contribution in [3.63, 3.8) is 0 Å². The summed E-state index contributed by atoms with van der Waals surface area (Å²) in [6.45, 7) is 2.06. The number of hydrogen-bond donors (Lipinski definition) is 1. The van der Waals surface area contributed by atoms with Crippen LogP contribution in [0.3, 0.4) is 0 Å². The van der Waals surface area contributed by atoms with Crippen LogP contribution in [-0.4, -0.2) is 4.98 Å². The van der Waals surface area contributed by atoms with Gasteiger partial charge in [-0.15, -0.1) is 0 Å². The van der Waals surface area contributed by atoms with E-state index in [1.54, 1.807) is 6.20 Å². The lowest BCUT2D eigenvalue weighted by molar-refractivity contribution is 1.41. The second-order valence-electron chi connectivity index (χ2n) is 4.62. The van der Waals surface area contributed by atoms with Crippen LogP contribution >= 0.6 is 11.6 Å². The van der Waals surface area contributed by atoms with Gasteiger partial charge in [-0.25, -0.2) is 0 Å². The Kier molecular flexibility index (Phi) is 2.88. The first-order valence-corrected chi connectivity index (χ1v) is 6.44. The van der Waals surface area contributed by atoms with Gasteiger partial charge >= 0.3 is 0 Å². The Bertz CT molecular complexity index is 743. The zero-order valence-electron chi connectivity index (χ0n) is 10.5. The molecule has 3 heteroatoms. The lowest BCUT2D eigenvalue weighted by Crippen LogP contribution is -1.94. The molecule has 0 saturated heterocycles. The van der Waals surface area contributed by atoms with Gasteiger partial charge in [0.15, 0.2) is 0 Å². The second kappa shape index (κ2) is 4.56. The number of benzene rings is 2. The number of anilines is 1. The number of halogens is 1. The lowest BCUT2D eigenvalue weighted by Gasteiger charge is -2.10. The van der Waals surface area contributed by atoms with Crippen molar-refractivity contribution in [1.82, 2.24) is 4.98 Å². The van der Waals surface area contributed by atoms with Crippen LogP contribution in [0.15, 0.2) is 48.7 Å². The van der Waals surface area contributed by atoms with Gasteiger partial charge in [-0.1, -0.05) is 41.4 Å². The minimum Gasteiger partial charge on any atom is -0.397 e. The molecule has 0 bridgehead atoms. The van der Waals surface area contributed by atoms with E-state index in [4.69, 9.17) is 17.3 Å². The summed E-state index contributed by atoms with van der Waals surface area (Å²) >= 11 is 6.09. The van der Waals surface area contributed by atoms with Gasteiger partial charge in [0.05, 0.1) is 17.4 Å². The SMILES string of the molecule is Cc1ccc(-c2c(N)cnc3ccc(Cl)cc23)cc1. The van der Waals surface area contributed by atoms with Crippen LogP contribution in [0.5, 0.6) is 0 Å². The first-order valence-electron chi connectivity index (χ1n) is 6.06. The monoisotopic (exact) mass is 268 g/mol. The van der Waals surface area contributed by atoms with Crippen molar-refractivity contribution in [2.24, 2.45) is 0 Å². The Morgan fingerprint density at radius 3 is 2.53 bits per heavy atom. The number of fused-ring (bicyclic) bond motifs is 1. The smallest absolute Gasteiger partial charge is 0.0710 e. The molecular weight excluding hydrogens is 256 g/mol. The maximum atomic E-state index is 6.10. The van der Waals surface area contributed by atoms with Gasteiger partial charge in [0.25, 0.3) is 0 Å². The van der Waals surface area contributed by atoms with Gasteiger partial charge in [-0.2, -0.15) is 0 Å². The molecule has 0 spiro atoms. The number of hydrogen-bond acceptors (Lipinski definition) is 2. The summed E-state index contributed by atoms with van der Waals surface area (Å²) in [7, 11) is 0. The number of rotatable bonds is 1. The van der Waals surface area contributed by atoms with E-state index in [9.17, 15) is 0 Å². The van der Waals surface area contributed by atoms with Crippen LogP contribution in [0.25, 0.3) is 22.0 Å². The normalized spacial score (nSPS) is 10.8. The molecule has 0 aliphatic heterocycles. The van der Waals surface area contributed by atoms with E-state index in [1.165, 1.54) is 5.56 Å². The fraction of sp³-hybridized carbons (Fsp3) is 0.0625. The third-order valence-corrected chi connectivity index (χ3v) is 3.43. The number of nitrogens with zero attached hydrogens (tertiary/aromatic N) is 1. The molecule has 2 nitrogen and oxygen atoms in total. The number of pyridine rings is 1. The fourth-order valence-electron chi connectivity index (χ4n) is 2.22. The number of aromatic nitrogens is 1. The zero-order valence-corrected chi connectivity index (χ0v) is 11.3. The topological polar surface area (TPSA) is 38.9 Å². The third-order valence-electron chi connectivity index (χ3n) is 3.20. The molecule has 0 atom stereocenters. The minimum atomic E-state index is 0.665. The summed E-state index contributed by atoms with van der Waals surface area (Å²) in [6.07, 6.45) is 1.70. The van der Waals surface area contributed by atoms with Crippen molar-refractivity contribution in [3.05, 3.63) is 59.2 Å². The van der Waals surface area contributed by atoms with E-state index in [2.05, 4.69) is 36.2 Å². The Morgan fingerprint density at radius 2 is 1.79 bits per heavy atom. The van der Waals surface area contributed by atoms with E-state index in [0.717, 1.165) is 22.0 Å². The summed E-state index contributed by atoms with van der Waals surface area (Å²) in [5.41, 5.74) is 11.0. The van der Waals surface area contributed by atoms with Crippen molar-refractivity contribution in [1.29, 1.82) is 0 Å². The Labute approximate surface area is 116 Å². The summed E-state index contributed by atoms with van der Waals surface area (Å²) in [5, 5.41) is 1.67. The van der Waals surface area contributed by atoms with Gasteiger partial charge in [0.2, 0.25) is 0 Å². The Balaban J connectivity index is 2.35. The van der Waals surface area contributed by atoms with E-state index in [1.807, 2.05) is 18.2 Å². The maximum absolute atomic E-state index is 6.10. The second-order valence-corrected chi connectivity index (χ2v) is 5.05. The molecule has 0 aliphatic carbocycles. The Morgan fingerprint density at radius 1 is 1.05 bits per heavy atom.